The molecular formula is C15H17N. The molecule has 0 bridgehead atoms. The lowest BCUT2D eigenvalue weighted by Crippen LogP contribution is -2.02. The molecule has 2 aromatic rings. The first-order valence-corrected chi connectivity index (χ1v) is 5.57. The fourth-order valence-electron chi connectivity index (χ4n) is 2.10. The molecule has 1 aromatic carbocycles. The number of allylic oxidation sites excluding steroid dienone is 1. The fraction of sp³-hybridized carbons (Fsp3) is 0.200. The van der Waals surface area contributed by atoms with Gasteiger partial charge in [-0.05, 0) is 49.1 Å². The Morgan fingerprint density at radius 3 is 2.38 bits per heavy atom. The fourth-order valence-corrected chi connectivity index (χ4v) is 2.10. The Morgan fingerprint density at radius 1 is 1.12 bits per heavy atom. The molecule has 0 unspecified atom stereocenters. The van der Waals surface area contributed by atoms with Crippen molar-refractivity contribution in [2.24, 2.45) is 0 Å². The van der Waals surface area contributed by atoms with Gasteiger partial charge in [-0.1, -0.05) is 18.2 Å². The highest BCUT2D eigenvalue weighted by molar-refractivity contribution is 5.52. The molecule has 0 N–H and O–H groups in total. The second-order valence-electron chi connectivity index (χ2n) is 4.11. The van der Waals surface area contributed by atoms with Crippen molar-refractivity contribution < 1.29 is 0 Å². The van der Waals surface area contributed by atoms with Gasteiger partial charge in [0.05, 0.1) is 5.69 Å². The predicted molar refractivity (Wildman–Crippen MR) is 69.1 cm³/mol. The van der Waals surface area contributed by atoms with E-state index in [2.05, 4.69) is 61.7 Å². The molecule has 0 atom stereocenters. The Balaban J connectivity index is 2.66. The molecule has 1 heterocycles. The van der Waals surface area contributed by atoms with Crippen LogP contribution in [0, 0.1) is 13.8 Å². The first-order valence-electron chi connectivity index (χ1n) is 5.57. The minimum Gasteiger partial charge on any atom is -0.323 e. The summed E-state index contributed by atoms with van der Waals surface area (Å²) in [6.45, 7) is 8.15. The lowest BCUT2D eigenvalue weighted by atomic mass is 9.99. The molecule has 0 amide bonds. The molecule has 1 heteroatoms. The normalized spacial score (nSPS) is 10.4. The third kappa shape index (κ3) is 1.81. The lowest BCUT2D eigenvalue weighted by Gasteiger charge is -2.15. The van der Waals surface area contributed by atoms with E-state index in [0.717, 1.165) is 6.42 Å². The van der Waals surface area contributed by atoms with Gasteiger partial charge in [0.25, 0.3) is 0 Å². The van der Waals surface area contributed by atoms with Crippen LogP contribution in [-0.4, -0.2) is 4.57 Å². The van der Waals surface area contributed by atoms with Gasteiger partial charge in [0, 0.05) is 12.4 Å². The highest BCUT2D eigenvalue weighted by Gasteiger charge is 2.08. The SMILES string of the molecule is C=CCc1c(C)ccc(C)c1-n1cccc1. The first-order chi connectivity index (χ1) is 7.74. The quantitative estimate of drug-likeness (QED) is 0.680. The van der Waals surface area contributed by atoms with Gasteiger partial charge >= 0.3 is 0 Å². The molecule has 0 aliphatic carbocycles. The number of aromatic nitrogens is 1. The van der Waals surface area contributed by atoms with E-state index in [1.165, 1.54) is 22.4 Å². The molecule has 0 saturated heterocycles. The monoisotopic (exact) mass is 211 g/mol. The summed E-state index contributed by atoms with van der Waals surface area (Å²) in [6, 6.07) is 8.47. The van der Waals surface area contributed by atoms with Gasteiger partial charge in [-0.3, -0.25) is 0 Å². The van der Waals surface area contributed by atoms with Crippen molar-refractivity contribution in [2.75, 3.05) is 0 Å². The molecule has 0 aliphatic rings. The zero-order valence-corrected chi connectivity index (χ0v) is 9.90. The van der Waals surface area contributed by atoms with Gasteiger partial charge in [-0.2, -0.15) is 0 Å². The Bertz CT molecular complexity index is 492. The van der Waals surface area contributed by atoms with Crippen LogP contribution in [0.1, 0.15) is 16.7 Å². The van der Waals surface area contributed by atoms with E-state index in [4.69, 9.17) is 0 Å². The molecule has 2 rings (SSSR count). The van der Waals surface area contributed by atoms with Gasteiger partial charge in [0.15, 0.2) is 0 Å². The number of rotatable bonds is 3. The number of hydrogen-bond donors (Lipinski definition) is 0. The molecule has 82 valence electrons. The summed E-state index contributed by atoms with van der Waals surface area (Å²) >= 11 is 0. The van der Waals surface area contributed by atoms with E-state index in [1.807, 2.05) is 6.08 Å². The molecule has 1 aromatic heterocycles. The van der Waals surface area contributed by atoms with Crippen LogP contribution in [0.4, 0.5) is 0 Å². The van der Waals surface area contributed by atoms with Gasteiger partial charge in [-0.25, -0.2) is 0 Å². The van der Waals surface area contributed by atoms with E-state index in [9.17, 15) is 0 Å². The minimum absolute atomic E-state index is 0.918. The summed E-state index contributed by atoms with van der Waals surface area (Å²) in [5, 5.41) is 0. The maximum Gasteiger partial charge on any atom is 0.0516 e. The maximum atomic E-state index is 3.84. The van der Waals surface area contributed by atoms with Crippen LogP contribution in [0.15, 0.2) is 49.3 Å². The Kier molecular flexibility index (Phi) is 2.95. The molecular weight excluding hydrogens is 194 g/mol. The van der Waals surface area contributed by atoms with Crippen LogP contribution in [0.2, 0.25) is 0 Å². The number of hydrogen-bond acceptors (Lipinski definition) is 0. The van der Waals surface area contributed by atoms with Crippen molar-refractivity contribution in [1.29, 1.82) is 0 Å². The van der Waals surface area contributed by atoms with Crippen molar-refractivity contribution in [1.82, 2.24) is 4.57 Å². The van der Waals surface area contributed by atoms with Crippen LogP contribution < -0.4 is 0 Å². The van der Waals surface area contributed by atoms with E-state index in [0.29, 0.717) is 0 Å². The molecule has 0 saturated carbocycles. The topological polar surface area (TPSA) is 4.93 Å². The van der Waals surface area contributed by atoms with Crippen molar-refractivity contribution in [3.05, 3.63) is 66.0 Å². The van der Waals surface area contributed by atoms with Gasteiger partial charge in [-0.15, -0.1) is 6.58 Å². The molecule has 16 heavy (non-hydrogen) atoms. The summed E-state index contributed by atoms with van der Waals surface area (Å²) in [6.07, 6.45) is 7.07. The van der Waals surface area contributed by atoms with E-state index >= 15 is 0 Å². The summed E-state index contributed by atoms with van der Waals surface area (Å²) < 4.78 is 2.18. The maximum absolute atomic E-state index is 3.84. The van der Waals surface area contributed by atoms with E-state index < -0.39 is 0 Å². The van der Waals surface area contributed by atoms with Crippen LogP contribution in [-0.2, 0) is 6.42 Å². The van der Waals surface area contributed by atoms with Crippen molar-refractivity contribution in [2.45, 2.75) is 20.3 Å². The molecule has 0 radical (unpaired) electrons. The summed E-state index contributed by atoms with van der Waals surface area (Å²) in [4.78, 5) is 0. The molecule has 0 fully saturated rings. The van der Waals surface area contributed by atoms with Crippen molar-refractivity contribution in [3.63, 3.8) is 0 Å². The summed E-state index contributed by atoms with van der Waals surface area (Å²) in [7, 11) is 0. The van der Waals surface area contributed by atoms with Gasteiger partial charge in [0.1, 0.15) is 0 Å². The van der Waals surface area contributed by atoms with Crippen LogP contribution in [0.3, 0.4) is 0 Å². The van der Waals surface area contributed by atoms with Crippen molar-refractivity contribution in [3.8, 4) is 5.69 Å². The second kappa shape index (κ2) is 4.40. The summed E-state index contributed by atoms with van der Waals surface area (Å²) in [5.74, 6) is 0. The Morgan fingerprint density at radius 2 is 1.75 bits per heavy atom. The highest BCUT2D eigenvalue weighted by Crippen LogP contribution is 2.23. The molecule has 1 nitrogen and oxygen atoms in total. The number of benzene rings is 1. The number of aryl methyl sites for hydroxylation is 2. The third-order valence-electron chi connectivity index (χ3n) is 2.93. The first kappa shape index (κ1) is 10.7. The second-order valence-corrected chi connectivity index (χ2v) is 4.11. The van der Waals surface area contributed by atoms with Crippen molar-refractivity contribution >= 4 is 0 Å². The molecule has 0 spiro atoms. The molecule has 0 aliphatic heterocycles. The van der Waals surface area contributed by atoms with E-state index in [-0.39, 0.29) is 0 Å². The van der Waals surface area contributed by atoms with Crippen LogP contribution >= 0.6 is 0 Å². The Hall–Kier alpha value is -1.76. The van der Waals surface area contributed by atoms with Crippen LogP contribution in [0.5, 0.6) is 0 Å². The van der Waals surface area contributed by atoms with Gasteiger partial charge in [0.2, 0.25) is 0 Å². The zero-order chi connectivity index (χ0) is 11.5. The Labute approximate surface area is 97.0 Å². The minimum atomic E-state index is 0.918. The van der Waals surface area contributed by atoms with Crippen LogP contribution in [0.25, 0.3) is 5.69 Å². The standard InChI is InChI=1S/C15H17N/c1-4-7-14-12(2)8-9-13(3)15(14)16-10-5-6-11-16/h4-6,8-11H,1,7H2,2-3H3. The van der Waals surface area contributed by atoms with Gasteiger partial charge < -0.3 is 4.57 Å². The largest absolute Gasteiger partial charge is 0.323 e. The lowest BCUT2D eigenvalue weighted by molar-refractivity contribution is 1.01. The van der Waals surface area contributed by atoms with E-state index in [1.54, 1.807) is 0 Å². The average molecular weight is 211 g/mol. The number of nitrogens with zero attached hydrogens (tertiary/aromatic N) is 1. The smallest absolute Gasteiger partial charge is 0.0516 e. The summed E-state index contributed by atoms with van der Waals surface area (Å²) in [5.41, 5.74) is 5.30. The highest BCUT2D eigenvalue weighted by atomic mass is 14.9. The average Bonchev–Trinajstić information content (AvgIpc) is 2.77. The third-order valence-corrected chi connectivity index (χ3v) is 2.93. The zero-order valence-electron chi connectivity index (χ0n) is 9.90. The predicted octanol–water partition coefficient (Wildman–Crippen LogP) is 3.82.